The number of hydrogen-bond donors (Lipinski definition) is 1. The Balaban J connectivity index is 2.40. The van der Waals surface area contributed by atoms with Gasteiger partial charge < -0.3 is 10.1 Å². The Hall–Kier alpha value is -2.01. The predicted octanol–water partition coefficient (Wildman–Crippen LogP) is 4.13. The Morgan fingerprint density at radius 2 is 1.71 bits per heavy atom. The quantitative estimate of drug-likeness (QED) is 0.865. The number of ether oxygens (including phenoxy) is 1. The molecule has 0 saturated heterocycles. The summed E-state index contributed by atoms with van der Waals surface area (Å²) in [4.78, 5) is 0. The standard InChI is InChI=1S/C16H16F3NO/c1-2-20-15(11-7-9-12(17)10-8-11)13-5-3-4-6-14(13)21-16(18)19/h3-10,15-16,20H,2H2,1H3. The van der Waals surface area contributed by atoms with Gasteiger partial charge in [0.1, 0.15) is 11.6 Å². The average molecular weight is 295 g/mol. The molecule has 5 heteroatoms. The number of halogens is 3. The van der Waals surface area contributed by atoms with Gasteiger partial charge in [-0.05, 0) is 30.3 Å². The first-order valence-electron chi connectivity index (χ1n) is 6.64. The van der Waals surface area contributed by atoms with Gasteiger partial charge in [0.05, 0.1) is 6.04 Å². The summed E-state index contributed by atoms with van der Waals surface area (Å²) in [7, 11) is 0. The fraction of sp³-hybridized carbons (Fsp3) is 0.250. The van der Waals surface area contributed by atoms with Gasteiger partial charge in [-0.3, -0.25) is 0 Å². The lowest BCUT2D eigenvalue weighted by atomic mass is 9.97. The van der Waals surface area contributed by atoms with Crippen LogP contribution in [0.25, 0.3) is 0 Å². The number of hydrogen-bond acceptors (Lipinski definition) is 2. The van der Waals surface area contributed by atoms with Gasteiger partial charge >= 0.3 is 6.61 Å². The Kier molecular flexibility index (Phi) is 5.22. The van der Waals surface area contributed by atoms with Crippen molar-refractivity contribution in [2.75, 3.05) is 6.54 Å². The molecule has 2 nitrogen and oxygen atoms in total. The van der Waals surface area contributed by atoms with Crippen molar-refractivity contribution in [2.24, 2.45) is 0 Å². The van der Waals surface area contributed by atoms with Crippen molar-refractivity contribution >= 4 is 0 Å². The summed E-state index contributed by atoms with van der Waals surface area (Å²) in [5.41, 5.74) is 1.37. The monoisotopic (exact) mass is 295 g/mol. The van der Waals surface area contributed by atoms with Crippen LogP contribution >= 0.6 is 0 Å². The van der Waals surface area contributed by atoms with Crippen LogP contribution < -0.4 is 10.1 Å². The third-order valence-electron chi connectivity index (χ3n) is 3.06. The summed E-state index contributed by atoms with van der Waals surface area (Å²) in [6, 6.07) is 12.2. The molecule has 0 spiro atoms. The molecule has 2 aromatic rings. The molecule has 0 aromatic heterocycles. The van der Waals surface area contributed by atoms with Crippen molar-refractivity contribution in [3.63, 3.8) is 0 Å². The minimum absolute atomic E-state index is 0.114. The number of alkyl halides is 2. The second-order valence-electron chi connectivity index (χ2n) is 4.46. The molecule has 0 amide bonds. The lowest BCUT2D eigenvalue weighted by Crippen LogP contribution is -2.23. The van der Waals surface area contributed by atoms with Crippen molar-refractivity contribution in [3.8, 4) is 5.75 Å². The lowest BCUT2D eigenvalue weighted by molar-refractivity contribution is -0.0506. The highest BCUT2D eigenvalue weighted by molar-refractivity contribution is 5.41. The minimum Gasteiger partial charge on any atom is -0.434 e. The molecule has 2 aromatic carbocycles. The molecule has 0 heterocycles. The van der Waals surface area contributed by atoms with Crippen LogP contribution in [0, 0.1) is 5.82 Å². The zero-order chi connectivity index (χ0) is 15.2. The molecular weight excluding hydrogens is 279 g/mol. The van der Waals surface area contributed by atoms with E-state index < -0.39 is 6.61 Å². The van der Waals surface area contributed by atoms with Crippen molar-refractivity contribution < 1.29 is 17.9 Å². The van der Waals surface area contributed by atoms with Crippen LogP contribution in [0.3, 0.4) is 0 Å². The van der Waals surface area contributed by atoms with Crippen LogP contribution in [-0.2, 0) is 0 Å². The number of para-hydroxylation sites is 1. The summed E-state index contributed by atoms with van der Waals surface area (Å²) in [5, 5.41) is 3.20. The predicted molar refractivity (Wildman–Crippen MR) is 75.0 cm³/mol. The molecule has 0 aliphatic rings. The maximum absolute atomic E-state index is 13.0. The molecule has 0 aliphatic heterocycles. The Bertz CT molecular complexity index is 572. The van der Waals surface area contributed by atoms with Crippen LogP contribution in [0.4, 0.5) is 13.2 Å². The van der Waals surface area contributed by atoms with E-state index in [1.54, 1.807) is 30.3 Å². The van der Waals surface area contributed by atoms with E-state index in [9.17, 15) is 13.2 Å². The van der Waals surface area contributed by atoms with Gasteiger partial charge in [0.2, 0.25) is 0 Å². The maximum atomic E-state index is 13.0. The van der Waals surface area contributed by atoms with Crippen LogP contribution in [0.15, 0.2) is 48.5 Å². The van der Waals surface area contributed by atoms with Gasteiger partial charge in [-0.2, -0.15) is 8.78 Å². The highest BCUT2D eigenvalue weighted by atomic mass is 19.3. The molecule has 0 radical (unpaired) electrons. The van der Waals surface area contributed by atoms with Crippen LogP contribution in [0.5, 0.6) is 5.75 Å². The first kappa shape index (κ1) is 15.4. The van der Waals surface area contributed by atoms with Crippen LogP contribution in [0.1, 0.15) is 24.1 Å². The van der Waals surface area contributed by atoms with E-state index in [0.717, 1.165) is 5.56 Å². The van der Waals surface area contributed by atoms with E-state index in [0.29, 0.717) is 12.1 Å². The molecule has 0 saturated carbocycles. The first-order chi connectivity index (χ1) is 10.1. The van der Waals surface area contributed by atoms with E-state index in [1.165, 1.54) is 18.2 Å². The smallest absolute Gasteiger partial charge is 0.387 e. The second-order valence-corrected chi connectivity index (χ2v) is 4.46. The van der Waals surface area contributed by atoms with Gasteiger partial charge in [0, 0.05) is 5.56 Å². The summed E-state index contributed by atoms with van der Waals surface area (Å²) in [6.45, 7) is -0.348. The Labute approximate surface area is 121 Å². The molecule has 0 fully saturated rings. The molecule has 0 aliphatic carbocycles. The van der Waals surface area contributed by atoms with Crippen molar-refractivity contribution in [2.45, 2.75) is 19.6 Å². The topological polar surface area (TPSA) is 21.3 Å². The largest absolute Gasteiger partial charge is 0.434 e. The summed E-state index contributed by atoms with van der Waals surface area (Å²) >= 11 is 0. The van der Waals surface area contributed by atoms with E-state index in [4.69, 9.17) is 0 Å². The highest BCUT2D eigenvalue weighted by Crippen LogP contribution is 2.31. The molecule has 1 unspecified atom stereocenters. The maximum Gasteiger partial charge on any atom is 0.387 e. The number of rotatable bonds is 6. The van der Waals surface area contributed by atoms with E-state index in [1.807, 2.05) is 6.92 Å². The summed E-state index contributed by atoms with van der Waals surface area (Å²) in [6.07, 6.45) is 0. The molecule has 1 N–H and O–H groups in total. The SMILES string of the molecule is CCNC(c1ccc(F)cc1)c1ccccc1OC(F)F. The van der Waals surface area contributed by atoms with Gasteiger partial charge in [0.15, 0.2) is 0 Å². The highest BCUT2D eigenvalue weighted by Gasteiger charge is 2.19. The number of nitrogens with one attached hydrogen (secondary N) is 1. The van der Waals surface area contributed by atoms with Gasteiger partial charge in [-0.25, -0.2) is 4.39 Å². The zero-order valence-corrected chi connectivity index (χ0v) is 11.5. The van der Waals surface area contributed by atoms with Crippen LogP contribution in [0.2, 0.25) is 0 Å². The Morgan fingerprint density at radius 3 is 2.33 bits per heavy atom. The zero-order valence-electron chi connectivity index (χ0n) is 11.5. The second kappa shape index (κ2) is 7.13. The average Bonchev–Trinajstić information content (AvgIpc) is 2.46. The third kappa shape index (κ3) is 3.98. The Morgan fingerprint density at radius 1 is 1.05 bits per heavy atom. The van der Waals surface area contributed by atoms with Gasteiger partial charge in [-0.1, -0.05) is 37.3 Å². The molecule has 112 valence electrons. The summed E-state index contributed by atoms with van der Waals surface area (Å²) < 4.78 is 42.6. The van der Waals surface area contributed by atoms with Crippen molar-refractivity contribution in [3.05, 3.63) is 65.5 Å². The molecule has 1 atom stereocenters. The van der Waals surface area contributed by atoms with E-state index in [-0.39, 0.29) is 17.6 Å². The van der Waals surface area contributed by atoms with Crippen molar-refractivity contribution in [1.29, 1.82) is 0 Å². The normalized spacial score (nSPS) is 12.4. The molecule has 2 rings (SSSR count). The minimum atomic E-state index is -2.89. The van der Waals surface area contributed by atoms with Crippen molar-refractivity contribution in [1.82, 2.24) is 5.32 Å². The molecule has 21 heavy (non-hydrogen) atoms. The third-order valence-corrected chi connectivity index (χ3v) is 3.06. The fourth-order valence-electron chi connectivity index (χ4n) is 2.19. The van der Waals surface area contributed by atoms with Gasteiger partial charge in [0.25, 0.3) is 0 Å². The first-order valence-corrected chi connectivity index (χ1v) is 6.64. The van der Waals surface area contributed by atoms with E-state index >= 15 is 0 Å². The number of benzene rings is 2. The fourth-order valence-corrected chi connectivity index (χ4v) is 2.19. The molecular formula is C16H16F3NO. The summed E-state index contributed by atoms with van der Waals surface area (Å²) in [5.74, 6) is -0.228. The molecule has 0 bridgehead atoms. The van der Waals surface area contributed by atoms with E-state index in [2.05, 4.69) is 10.1 Å². The van der Waals surface area contributed by atoms with Gasteiger partial charge in [-0.15, -0.1) is 0 Å². The van der Waals surface area contributed by atoms with Crippen LogP contribution in [-0.4, -0.2) is 13.2 Å². The lowest BCUT2D eigenvalue weighted by Gasteiger charge is -2.21.